The first-order valence-electron chi connectivity index (χ1n) is 5.96. The summed E-state index contributed by atoms with van der Waals surface area (Å²) in [6, 6.07) is 7.99. The maximum atomic E-state index is 11.5. The first-order valence-corrected chi connectivity index (χ1v) is 7.32. The highest BCUT2D eigenvalue weighted by molar-refractivity contribution is 7.18. The molecule has 3 nitrogen and oxygen atoms in total. The molecule has 1 aromatic heterocycles. The topological polar surface area (TPSA) is 42.0 Å². The van der Waals surface area contributed by atoms with Gasteiger partial charge in [-0.15, -0.1) is 22.9 Å². The summed E-state index contributed by atoms with van der Waals surface area (Å²) < 4.78 is 1.16. The Hall–Kier alpha value is -1.13. The monoisotopic (exact) mass is 282 g/mol. The fourth-order valence-corrected chi connectivity index (χ4v) is 2.73. The Morgan fingerprint density at radius 1 is 1.33 bits per heavy atom. The van der Waals surface area contributed by atoms with E-state index in [4.69, 9.17) is 11.6 Å². The van der Waals surface area contributed by atoms with Crippen LogP contribution in [0.4, 0.5) is 0 Å². The Morgan fingerprint density at radius 3 is 2.94 bits per heavy atom. The third kappa shape index (κ3) is 3.68. The molecule has 18 heavy (non-hydrogen) atoms. The van der Waals surface area contributed by atoms with E-state index >= 15 is 0 Å². The molecule has 0 saturated carbocycles. The molecule has 2 rings (SSSR count). The molecule has 0 fully saturated rings. The van der Waals surface area contributed by atoms with E-state index < -0.39 is 0 Å². The zero-order valence-corrected chi connectivity index (χ0v) is 11.6. The normalized spacial score (nSPS) is 10.7. The molecule has 0 aliphatic rings. The molecule has 1 N–H and O–H groups in total. The SMILES string of the molecule is O=C(CCCCCl)NCc1nc2ccccc2s1. The molecule has 0 saturated heterocycles. The van der Waals surface area contributed by atoms with Gasteiger partial charge in [-0.3, -0.25) is 4.79 Å². The number of aromatic nitrogens is 1. The Morgan fingerprint density at radius 2 is 2.17 bits per heavy atom. The van der Waals surface area contributed by atoms with E-state index in [1.54, 1.807) is 11.3 Å². The third-order valence-electron chi connectivity index (χ3n) is 2.56. The molecule has 0 aliphatic carbocycles. The van der Waals surface area contributed by atoms with Crippen LogP contribution < -0.4 is 5.32 Å². The number of hydrogen-bond donors (Lipinski definition) is 1. The summed E-state index contributed by atoms with van der Waals surface area (Å²) in [6.07, 6.45) is 2.27. The lowest BCUT2D eigenvalue weighted by Crippen LogP contribution is -2.22. The Labute approximate surface area is 115 Å². The van der Waals surface area contributed by atoms with Crippen molar-refractivity contribution in [2.24, 2.45) is 0 Å². The van der Waals surface area contributed by atoms with Crippen LogP contribution in [0.25, 0.3) is 10.2 Å². The predicted molar refractivity (Wildman–Crippen MR) is 76.0 cm³/mol. The molecule has 0 spiro atoms. The van der Waals surface area contributed by atoms with Gasteiger partial charge in [0.25, 0.3) is 0 Å². The van der Waals surface area contributed by atoms with Crippen LogP contribution in [0.3, 0.4) is 0 Å². The average molecular weight is 283 g/mol. The number of hydrogen-bond acceptors (Lipinski definition) is 3. The van der Waals surface area contributed by atoms with Crippen molar-refractivity contribution in [3.8, 4) is 0 Å². The van der Waals surface area contributed by atoms with Gasteiger partial charge < -0.3 is 5.32 Å². The summed E-state index contributed by atoms with van der Waals surface area (Å²) >= 11 is 7.18. The lowest BCUT2D eigenvalue weighted by atomic mass is 10.2. The molecule has 1 amide bonds. The molecule has 0 aliphatic heterocycles. The summed E-state index contributed by atoms with van der Waals surface area (Å²) in [4.78, 5) is 16.0. The number of amides is 1. The van der Waals surface area contributed by atoms with Crippen LogP contribution in [-0.2, 0) is 11.3 Å². The minimum atomic E-state index is 0.0689. The quantitative estimate of drug-likeness (QED) is 0.652. The highest BCUT2D eigenvalue weighted by Gasteiger charge is 2.05. The molecule has 0 bridgehead atoms. The van der Waals surface area contributed by atoms with E-state index in [1.165, 1.54) is 0 Å². The second-order valence-corrected chi connectivity index (χ2v) is 5.49. The number of alkyl halides is 1. The highest BCUT2D eigenvalue weighted by atomic mass is 35.5. The Balaban J connectivity index is 1.84. The summed E-state index contributed by atoms with van der Waals surface area (Å²) in [5, 5.41) is 3.83. The van der Waals surface area contributed by atoms with Gasteiger partial charge in [0.2, 0.25) is 5.91 Å². The van der Waals surface area contributed by atoms with Crippen molar-refractivity contribution < 1.29 is 4.79 Å². The van der Waals surface area contributed by atoms with Gasteiger partial charge in [-0.05, 0) is 25.0 Å². The summed E-state index contributed by atoms with van der Waals surface area (Å²) in [5.74, 6) is 0.685. The van der Waals surface area contributed by atoms with Crippen molar-refractivity contribution in [1.29, 1.82) is 0 Å². The van der Waals surface area contributed by atoms with Crippen molar-refractivity contribution in [2.75, 3.05) is 5.88 Å². The first kappa shape index (κ1) is 13.3. The number of benzene rings is 1. The minimum absolute atomic E-state index is 0.0689. The smallest absolute Gasteiger partial charge is 0.220 e. The number of thiazole rings is 1. The number of unbranched alkanes of at least 4 members (excludes halogenated alkanes) is 1. The molecular weight excluding hydrogens is 268 g/mol. The lowest BCUT2D eigenvalue weighted by molar-refractivity contribution is -0.121. The molecule has 0 atom stereocenters. The summed E-state index contributed by atoms with van der Waals surface area (Å²) in [6.45, 7) is 0.513. The van der Waals surface area contributed by atoms with E-state index in [0.29, 0.717) is 18.8 Å². The number of nitrogens with zero attached hydrogens (tertiary/aromatic N) is 1. The van der Waals surface area contributed by atoms with Crippen LogP contribution in [0.1, 0.15) is 24.3 Å². The van der Waals surface area contributed by atoms with E-state index in [9.17, 15) is 4.79 Å². The largest absolute Gasteiger partial charge is 0.350 e. The molecule has 0 radical (unpaired) electrons. The van der Waals surface area contributed by atoms with Crippen molar-refractivity contribution in [1.82, 2.24) is 10.3 Å². The van der Waals surface area contributed by atoms with Gasteiger partial charge in [0.1, 0.15) is 5.01 Å². The fraction of sp³-hybridized carbons (Fsp3) is 0.385. The Bertz CT molecular complexity index is 493. The number of rotatable bonds is 6. The van der Waals surface area contributed by atoms with Crippen LogP contribution in [-0.4, -0.2) is 16.8 Å². The van der Waals surface area contributed by atoms with E-state index in [0.717, 1.165) is 28.1 Å². The van der Waals surface area contributed by atoms with E-state index in [1.807, 2.05) is 24.3 Å². The number of carbonyl (C=O) groups is 1. The Kier molecular flexibility index (Phi) is 4.96. The van der Waals surface area contributed by atoms with E-state index in [-0.39, 0.29) is 5.91 Å². The molecule has 5 heteroatoms. The fourth-order valence-electron chi connectivity index (χ4n) is 1.64. The van der Waals surface area contributed by atoms with E-state index in [2.05, 4.69) is 10.3 Å². The van der Waals surface area contributed by atoms with Gasteiger partial charge in [0, 0.05) is 12.3 Å². The number of carbonyl (C=O) groups excluding carboxylic acids is 1. The zero-order chi connectivity index (χ0) is 12.8. The molecule has 1 aromatic carbocycles. The number of para-hydroxylation sites is 1. The van der Waals surface area contributed by atoms with Crippen molar-refractivity contribution in [3.05, 3.63) is 29.3 Å². The minimum Gasteiger partial charge on any atom is -0.350 e. The molecule has 1 heterocycles. The predicted octanol–water partition coefficient (Wildman–Crippen LogP) is 3.32. The number of fused-ring (bicyclic) bond motifs is 1. The van der Waals surface area contributed by atoms with Gasteiger partial charge >= 0.3 is 0 Å². The van der Waals surface area contributed by atoms with Crippen LogP contribution >= 0.6 is 22.9 Å². The van der Waals surface area contributed by atoms with Gasteiger partial charge in [-0.25, -0.2) is 4.98 Å². The molecule has 0 unspecified atom stereocenters. The first-order chi connectivity index (χ1) is 8.79. The number of halogens is 1. The van der Waals surface area contributed by atoms with Crippen LogP contribution in [0.2, 0.25) is 0 Å². The zero-order valence-electron chi connectivity index (χ0n) is 9.99. The highest BCUT2D eigenvalue weighted by Crippen LogP contribution is 2.21. The van der Waals surface area contributed by atoms with Gasteiger partial charge in [-0.1, -0.05) is 12.1 Å². The standard InChI is InChI=1S/C13H15ClN2OS/c14-8-4-3-7-12(17)15-9-13-16-10-5-1-2-6-11(10)18-13/h1-2,5-6H,3-4,7-9H2,(H,15,17). The van der Waals surface area contributed by atoms with Crippen LogP contribution in [0.15, 0.2) is 24.3 Å². The van der Waals surface area contributed by atoms with Crippen molar-refractivity contribution in [2.45, 2.75) is 25.8 Å². The molecule has 2 aromatic rings. The number of nitrogens with one attached hydrogen (secondary N) is 1. The summed E-state index contributed by atoms with van der Waals surface area (Å²) in [7, 11) is 0. The van der Waals surface area contributed by atoms with Gasteiger partial charge in [-0.2, -0.15) is 0 Å². The maximum Gasteiger partial charge on any atom is 0.220 e. The van der Waals surface area contributed by atoms with Gasteiger partial charge in [0.05, 0.1) is 16.8 Å². The second kappa shape index (κ2) is 6.71. The molecule has 96 valence electrons. The van der Waals surface area contributed by atoms with Gasteiger partial charge in [0.15, 0.2) is 0 Å². The lowest BCUT2D eigenvalue weighted by Gasteiger charge is -2.01. The van der Waals surface area contributed by atoms with Crippen LogP contribution in [0.5, 0.6) is 0 Å². The average Bonchev–Trinajstić information content (AvgIpc) is 2.79. The van der Waals surface area contributed by atoms with Crippen molar-refractivity contribution >= 4 is 39.1 Å². The molecular formula is C13H15ClN2OS. The van der Waals surface area contributed by atoms with Crippen molar-refractivity contribution in [3.63, 3.8) is 0 Å². The third-order valence-corrected chi connectivity index (χ3v) is 3.87. The maximum absolute atomic E-state index is 11.5. The summed E-state index contributed by atoms with van der Waals surface area (Å²) in [5.41, 5.74) is 0.994. The van der Waals surface area contributed by atoms with Crippen LogP contribution in [0, 0.1) is 0 Å². The second-order valence-electron chi connectivity index (χ2n) is 4.00.